The minimum Gasteiger partial charge on any atom is -0.350 e. The molecule has 1 aliphatic rings. The number of fused-ring (bicyclic) bond motifs is 2. The maximum Gasteiger partial charge on any atom is 0.404 e. The molecule has 0 saturated carbocycles. The number of rotatable bonds is 3. The SMILES string of the molecule is CC(C)NCC1(C(F)(F)F)c2cc(Cl)ccc2Nc2c1ccc[n+]2O. The lowest BCUT2D eigenvalue weighted by Gasteiger charge is -2.40. The van der Waals surface area contributed by atoms with Crippen molar-refractivity contribution in [2.24, 2.45) is 0 Å². The van der Waals surface area contributed by atoms with Gasteiger partial charge in [0.05, 0.1) is 5.56 Å². The maximum atomic E-state index is 14.5. The largest absolute Gasteiger partial charge is 0.404 e. The van der Waals surface area contributed by atoms with Crippen LogP contribution in [-0.4, -0.2) is 24.0 Å². The Bertz CT molecular complexity index is 806. The number of hydrogen-bond donors (Lipinski definition) is 3. The van der Waals surface area contributed by atoms with Crippen LogP contribution in [0, 0.1) is 0 Å². The summed E-state index contributed by atoms with van der Waals surface area (Å²) >= 11 is 6.00. The minimum atomic E-state index is -4.61. The second-order valence-electron chi connectivity index (χ2n) is 6.37. The van der Waals surface area contributed by atoms with E-state index >= 15 is 0 Å². The average molecular weight is 373 g/mol. The molecular formula is C17H18ClF3N3O+. The standard InChI is InChI=1S/C17H17ClF3N3O/c1-10(2)22-9-16(17(19,20)21)12-4-3-7-24(25)15(12)23-14-6-5-11(18)8-13(14)16/h3-8,10,22,25H,9H2,1-2H3/p+1. The van der Waals surface area contributed by atoms with Gasteiger partial charge in [-0.05, 0) is 30.3 Å². The van der Waals surface area contributed by atoms with Crippen molar-refractivity contribution in [3.63, 3.8) is 0 Å². The zero-order valence-electron chi connectivity index (χ0n) is 13.7. The first-order chi connectivity index (χ1) is 11.7. The van der Waals surface area contributed by atoms with Crippen LogP contribution in [0.5, 0.6) is 0 Å². The van der Waals surface area contributed by atoms with E-state index in [0.717, 1.165) is 0 Å². The van der Waals surface area contributed by atoms with Crippen LogP contribution in [0.25, 0.3) is 0 Å². The van der Waals surface area contributed by atoms with Gasteiger partial charge in [-0.1, -0.05) is 30.2 Å². The fourth-order valence-corrected chi connectivity index (χ4v) is 3.34. The van der Waals surface area contributed by atoms with Crippen molar-refractivity contribution in [2.45, 2.75) is 31.5 Å². The first-order valence-corrected chi connectivity index (χ1v) is 8.16. The summed E-state index contributed by atoms with van der Waals surface area (Å²) in [6, 6.07) is 6.94. The molecule has 0 fully saturated rings. The number of pyridine rings is 1. The van der Waals surface area contributed by atoms with Crippen molar-refractivity contribution in [3.8, 4) is 0 Å². The van der Waals surface area contributed by atoms with E-state index in [0.29, 0.717) is 4.73 Å². The van der Waals surface area contributed by atoms with Crippen molar-refractivity contribution in [3.05, 3.63) is 52.7 Å². The summed E-state index contributed by atoms with van der Waals surface area (Å²) in [5, 5.41) is 16.0. The van der Waals surface area contributed by atoms with E-state index in [2.05, 4.69) is 10.6 Å². The van der Waals surface area contributed by atoms with Gasteiger partial charge in [0.25, 0.3) is 0 Å². The van der Waals surface area contributed by atoms with Gasteiger partial charge in [0.15, 0.2) is 0 Å². The van der Waals surface area contributed by atoms with Crippen LogP contribution in [0.3, 0.4) is 0 Å². The highest BCUT2D eigenvalue weighted by Crippen LogP contribution is 2.53. The Morgan fingerprint density at radius 3 is 2.64 bits per heavy atom. The Morgan fingerprint density at radius 2 is 2.00 bits per heavy atom. The number of nitrogens with zero attached hydrogens (tertiary/aromatic N) is 1. The third-order valence-corrected chi connectivity index (χ3v) is 4.62. The molecule has 0 saturated heterocycles. The minimum absolute atomic E-state index is 0.0137. The Morgan fingerprint density at radius 1 is 1.28 bits per heavy atom. The van der Waals surface area contributed by atoms with Gasteiger partial charge in [-0.25, -0.2) is 5.32 Å². The molecule has 1 aromatic carbocycles. The molecule has 1 unspecified atom stereocenters. The number of anilines is 2. The second kappa shape index (κ2) is 6.07. The summed E-state index contributed by atoms with van der Waals surface area (Å²) < 4.78 is 44.1. The van der Waals surface area contributed by atoms with Crippen molar-refractivity contribution in [1.29, 1.82) is 0 Å². The van der Waals surface area contributed by atoms with Crippen LogP contribution in [0.4, 0.5) is 24.7 Å². The molecule has 25 heavy (non-hydrogen) atoms. The molecule has 0 spiro atoms. The molecule has 0 amide bonds. The number of benzene rings is 1. The van der Waals surface area contributed by atoms with Gasteiger partial charge in [-0.15, -0.1) is 0 Å². The molecule has 8 heteroatoms. The van der Waals surface area contributed by atoms with Crippen LogP contribution in [0.15, 0.2) is 36.5 Å². The summed E-state index contributed by atoms with van der Waals surface area (Å²) in [4.78, 5) is 0. The molecule has 0 radical (unpaired) electrons. The van der Waals surface area contributed by atoms with Gasteiger partial charge in [0, 0.05) is 23.2 Å². The summed E-state index contributed by atoms with van der Waals surface area (Å²) in [5.41, 5.74) is -2.12. The van der Waals surface area contributed by atoms with E-state index in [1.165, 1.54) is 36.5 Å². The fraction of sp³-hybridized carbons (Fsp3) is 0.353. The van der Waals surface area contributed by atoms with Gasteiger partial charge in [-0.3, -0.25) is 0 Å². The highest BCUT2D eigenvalue weighted by Gasteiger charge is 2.62. The lowest BCUT2D eigenvalue weighted by Crippen LogP contribution is -2.55. The van der Waals surface area contributed by atoms with Crippen molar-refractivity contribution in [2.75, 3.05) is 11.9 Å². The lowest BCUT2D eigenvalue weighted by atomic mass is 9.71. The Labute approximate surface area is 148 Å². The molecule has 0 aliphatic carbocycles. The smallest absolute Gasteiger partial charge is 0.350 e. The highest BCUT2D eigenvalue weighted by atomic mass is 35.5. The third-order valence-electron chi connectivity index (χ3n) is 4.39. The predicted octanol–water partition coefficient (Wildman–Crippen LogP) is 3.77. The topological polar surface area (TPSA) is 48.2 Å². The summed E-state index contributed by atoms with van der Waals surface area (Å²) in [5.74, 6) is -0.0137. The highest BCUT2D eigenvalue weighted by molar-refractivity contribution is 6.30. The van der Waals surface area contributed by atoms with E-state index in [9.17, 15) is 18.4 Å². The molecule has 4 nitrogen and oxygen atoms in total. The Hall–Kier alpha value is -1.99. The molecule has 3 N–H and O–H groups in total. The molecule has 0 bridgehead atoms. The number of hydrogen-bond acceptors (Lipinski definition) is 3. The summed E-state index contributed by atoms with van der Waals surface area (Å²) in [6.07, 6.45) is -3.33. The van der Waals surface area contributed by atoms with Gasteiger partial charge in [-0.2, -0.15) is 13.2 Å². The Kier molecular flexibility index (Phi) is 4.33. The van der Waals surface area contributed by atoms with Gasteiger partial charge < -0.3 is 10.5 Å². The molecule has 1 aromatic heterocycles. The van der Waals surface area contributed by atoms with E-state index in [1.54, 1.807) is 13.8 Å². The van der Waals surface area contributed by atoms with Crippen molar-refractivity contribution in [1.82, 2.24) is 5.32 Å². The van der Waals surface area contributed by atoms with Gasteiger partial charge >= 0.3 is 12.0 Å². The third kappa shape index (κ3) is 2.81. The zero-order valence-corrected chi connectivity index (χ0v) is 14.4. The van der Waals surface area contributed by atoms with E-state index < -0.39 is 11.6 Å². The summed E-state index contributed by atoms with van der Waals surface area (Å²) in [6.45, 7) is 3.19. The second-order valence-corrected chi connectivity index (χ2v) is 6.81. The van der Waals surface area contributed by atoms with Crippen LogP contribution in [-0.2, 0) is 5.41 Å². The van der Waals surface area contributed by atoms with Gasteiger partial charge in [0.2, 0.25) is 0 Å². The summed E-state index contributed by atoms with van der Waals surface area (Å²) in [7, 11) is 0. The first-order valence-electron chi connectivity index (χ1n) is 7.78. The normalized spacial score (nSPS) is 19.3. The van der Waals surface area contributed by atoms with Crippen LogP contribution < -0.4 is 15.4 Å². The molecule has 1 atom stereocenters. The van der Waals surface area contributed by atoms with Gasteiger partial charge in [0.1, 0.15) is 17.3 Å². The van der Waals surface area contributed by atoms with Crippen LogP contribution in [0.1, 0.15) is 25.0 Å². The van der Waals surface area contributed by atoms with E-state index in [1.807, 2.05) is 0 Å². The molecule has 1 aliphatic heterocycles. The number of alkyl halides is 3. The number of nitrogens with one attached hydrogen (secondary N) is 2. The van der Waals surface area contributed by atoms with E-state index in [-0.39, 0.29) is 40.2 Å². The average Bonchev–Trinajstić information content (AvgIpc) is 2.51. The lowest BCUT2D eigenvalue weighted by molar-refractivity contribution is -0.893. The molecule has 2 heterocycles. The zero-order chi connectivity index (χ0) is 18.4. The number of aromatic nitrogens is 1. The molecule has 3 rings (SSSR count). The van der Waals surface area contributed by atoms with Crippen molar-refractivity contribution < 1.29 is 23.1 Å². The van der Waals surface area contributed by atoms with E-state index in [4.69, 9.17) is 11.6 Å². The number of halogens is 4. The molecule has 134 valence electrons. The first kappa shape index (κ1) is 17.8. The van der Waals surface area contributed by atoms with Crippen LogP contribution in [0.2, 0.25) is 5.02 Å². The monoisotopic (exact) mass is 372 g/mol. The predicted molar refractivity (Wildman–Crippen MR) is 88.5 cm³/mol. The fourth-order valence-electron chi connectivity index (χ4n) is 3.17. The van der Waals surface area contributed by atoms with Crippen LogP contribution >= 0.6 is 11.6 Å². The Balaban J connectivity index is 2.35. The quantitative estimate of drug-likeness (QED) is 0.568. The molecular weight excluding hydrogens is 355 g/mol. The van der Waals surface area contributed by atoms with Crippen molar-refractivity contribution >= 4 is 23.1 Å². The molecule has 2 aromatic rings. The maximum absolute atomic E-state index is 14.5.